The van der Waals surface area contributed by atoms with Gasteiger partial charge in [0.1, 0.15) is 11.2 Å². The molecule has 0 unspecified atom stereocenters. The number of nitrogens with one attached hydrogen (secondary N) is 4. The number of aromatic nitrogens is 4. The van der Waals surface area contributed by atoms with Gasteiger partial charge in [-0.05, 0) is 18.2 Å². The van der Waals surface area contributed by atoms with E-state index < -0.39 is 0 Å². The van der Waals surface area contributed by atoms with Crippen LogP contribution in [0.3, 0.4) is 0 Å². The van der Waals surface area contributed by atoms with Gasteiger partial charge in [-0.25, -0.2) is 10.4 Å². The first-order valence-electron chi connectivity index (χ1n) is 8.62. The van der Waals surface area contributed by atoms with Crippen LogP contribution in [0.5, 0.6) is 0 Å². The maximum Gasteiger partial charge on any atom is 0.272 e. The summed E-state index contributed by atoms with van der Waals surface area (Å²) in [5, 5.41) is 2.84. The molecule has 1 aliphatic rings. The Hall–Kier alpha value is -3.24. The van der Waals surface area contributed by atoms with Crippen LogP contribution in [0.15, 0.2) is 30.6 Å². The molecule has 0 aromatic carbocycles. The van der Waals surface area contributed by atoms with Gasteiger partial charge >= 0.3 is 0 Å². The smallest absolute Gasteiger partial charge is 0.272 e. The molecule has 0 radical (unpaired) electrons. The SMILES string of the molecule is CNNc1nc(N2CCOCC2)c2[nH]c(C(=O)Nc3ccncc3)cc2n1. The zero-order chi connectivity index (χ0) is 18.6. The van der Waals surface area contributed by atoms with E-state index in [9.17, 15) is 4.79 Å². The predicted molar refractivity (Wildman–Crippen MR) is 102 cm³/mol. The number of aromatic amines is 1. The van der Waals surface area contributed by atoms with Crippen LogP contribution in [-0.4, -0.2) is 59.2 Å². The molecule has 0 saturated carbocycles. The molecule has 3 aromatic heterocycles. The second kappa shape index (κ2) is 7.56. The standard InChI is InChI=1S/C17H20N8O2/c1-18-24-17-22-12-10-13(16(26)20-11-2-4-19-5-3-11)21-14(12)15(23-17)25-6-8-27-9-7-25/h2-5,10,18,21H,6-9H2,1H3,(H,19,20,26)(H,22,23,24). The molecule has 0 aliphatic carbocycles. The topological polar surface area (TPSA) is 120 Å². The van der Waals surface area contributed by atoms with Gasteiger partial charge in [-0.1, -0.05) is 0 Å². The number of amides is 1. The van der Waals surface area contributed by atoms with Crippen molar-refractivity contribution in [2.24, 2.45) is 0 Å². The van der Waals surface area contributed by atoms with E-state index in [1.807, 2.05) is 0 Å². The number of H-pyrrole nitrogens is 1. The van der Waals surface area contributed by atoms with Crippen LogP contribution in [-0.2, 0) is 4.74 Å². The first-order chi connectivity index (χ1) is 13.2. The lowest BCUT2D eigenvalue weighted by Gasteiger charge is -2.28. The van der Waals surface area contributed by atoms with Crippen molar-refractivity contribution in [1.29, 1.82) is 0 Å². The third kappa shape index (κ3) is 3.66. The maximum atomic E-state index is 12.6. The van der Waals surface area contributed by atoms with E-state index in [0.717, 1.165) is 24.4 Å². The monoisotopic (exact) mass is 368 g/mol. The highest BCUT2D eigenvalue weighted by Crippen LogP contribution is 2.26. The van der Waals surface area contributed by atoms with E-state index in [1.165, 1.54) is 0 Å². The van der Waals surface area contributed by atoms with E-state index in [4.69, 9.17) is 4.74 Å². The number of rotatable bonds is 5. The van der Waals surface area contributed by atoms with Crippen LogP contribution < -0.4 is 21.1 Å². The van der Waals surface area contributed by atoms with Gasteiger partial charge in [-0.2, -0.15) is 4.98 Å². The molecule has 0 bridgehead atoms. The van der Waals surface area contributed by atoms with Crippen molar-refractivity contribution in [1.82, 2.24) is 25.4 Å². The van der Waals surface area contributed by atoms with Crippen LogP contribution in [0.25, 0.3) is 11.0 Å². The molecule has 0 spiro atoms. The number of hydrogen-bond acceptors (Lipinski definition) is 8. The fraction of sp³-hybridized carbons (Fsp3) is 0.294. The minimum Gasteiger partial charge on any atom is -0.378 e. The number of morpholine rings is 1. The Morgan fingerprint density at radius 3 is 2.74 bits per heavy atom. The molecule has 1 aliphatic heterocycles. The number of fused-ring (bicyclic) bond motifs is 1. The molecule has 1 fully saturated rings. The maximum absolute atomic E-state index is 12.6. The summed E-state index contributed by atoms with van der Waals surface area (Å²) < 4.78 is 5.43. The normalized spacial score (nSPS) is 14.3. The van der Waals surface area contributed by atoms with E-state index in [0.29, 0.717) is 36.1 Å². The molecule has 27 heavy (non-hydrogen) atoms. The quantitative estimate of drug-likeness (QED) is 0.492. The summed E-state index contributed by atoms with van der Waals surface area (Å²) in [6, 6.07) is 5.18. The number of anilines is 3. The first-order valence-corrected chi connectivity index (χ1v) is 8.62. The molecule has 140 valence electrons. The summed E-state index contributed by atoms with van der Waals surface area (Å²) in [6.45, 7) is 2.72. The van der Waals surface area contributed by atoms with Gasteiger partial charge in [0.25, 0.3) is 5.91 Å². The highest BCUT2D eigenvalue weighted by atomic mass is 16.5. The van der Waals surface area contributed by atoms with Gasteiger partial charge in [0.15, 0.2) is 5.82 Å². The summed E-state index contributed by atoms with van der Waals surface area (Å²) >= 11 is 0. The molecule has 4 heterocycles. The molecular weight excluding hydrogens is 348 g/mol. The van der Waals surface area contributed by atoms with E-state index in [-0.39, 0.29) is 5.91 Å². The number of pyridine rings is 1. The third-order valence-corrected chi connectivity index (χ3v) is 4.19. The summed E-state index contributed by atoms with van der Waals surface area (Å²) in [4.78, 5) is 30.9. The summed E-state index contributed by atoms with van der Waals surface area (Å²) in [6.07, 6.45) is 3.25. The van der Waals surface area contributed by atoms with Crippen molar-refractivity contribution in [2.75, 3.05) is 49.0 Å². The largest absolute Gasteiger partial charge is 0.378 e. The Morgan fingerprint density at radius 2 is 2.00 bits per heavy atom. The lowest BCUT2D eigenvalue weighted by atomic mass is 10.3. The van der Waals surface area contributed by atoms with Crippen molar-refractivity contribution in [3.8, 4) is 0 Å². The van der Waals surface area contributed by atoms with Gasteiger partial charge in [0, 0.05) is 38.2 Å². The first kappa shape index (κ1) is 17.2. The Labute approximate surface area is 155 Å². The van der Waals surface area contributed by atoms with Crippen molar-refractivity contribution in [3.63, 3.8) is 0 Å². The van der Waals surface area contributed by atoms with Gasteiger partial charge < -0.3 is 19.9 Å². The third-order valence-electron chi connectivity index (χ3n) is 4.19. The minimum atomic E-state index is -0.254. The summed E-state index contributed by atoms with van der Waals surface area (Å²) in [5.74, 6) is 0.922. The van der Waals surface area contributed by atoms with Crippen molar-refractivity contribution in [2.45, 2.75) is 0 Å². The highest BCUT2D eigenvalue weighted by Gasteiger charge is 2.20. The summed E-state index contributed by atoms with van der Waals surface area (Å²) in [7, 11) is 1.74. The second-order valence-electron chi connectivity index (χ2n) is 5.98. The predicted octanol–water partition coefficient (Wildman–Crippen LogP) is 0.988. The van der Waals surface area contributed by atoms with Crippen LogP contribution in [0.2, 0.25) is 0 Å². The molecule has 1 amide bonds. The lowest BCUT2D eigenvalue weighted by molar-refractivity contribution is 0.102. The molecule has 10 heteroatoms. The van der Waals surface area contributed by atoms with Gasteiger partial charge in [0.2, 0.25) is 5.95 Å². The molecular formula is C17H20N8O2. The number of nitrogens with zero attached hydrogens (tertiary/aromatic N) is 4. The average molecular weight is 368 g/mol. The van der Waals surface area contributed by atoms with Crippen molar-refractivity contribution < 1.29 is 9.53 Å². The van der Waals surface area contributed by atoms with E-state index >= 15 is 0 Å². The number of ether oxygens (including phenoxy) is 1. The zero-order valence-corrected chi connectivity index (χ0v) is 14.8. The molecule has 3 aromatic rings. The average Bonchev–Trinajstić information content (AvgIpc) is 3.13. The second-order valence-corrected chi connectivity index (χ2v) is 5.98. The number of carbonyl (C=O) groups is 1. The number of hydrazine groups is 1. The number of hydrogen-bond donors (Lipinski definition) is 4. The zero-order valence-electron chi connectivity index (χ0n) is 14.8. The molecule has 4 rings (SSSR count). The van der Waals surface area contributed by atoms with Crippen LogP contribution in [0, 0.1) is 0 Å². The minimum absolute atomic E-state index is 0.254. The Kier molecular flexibility index (Phi) is 4.81. The van der Waals surface area contributed by atoms with E-state index in [2.05, 4.69) is 41.0 Å². The van der Waals surface area contributed by atoms with Gasteiger partial charge in [-0.15, -0.1) is 0 Å². The van der Waals surface area contributed by atoms with Crippen LogP contribution in [0.4, 0.5) is 17.5 Å². The highest BCUT2D eigenvalue weighted by molar-refractivity contribution is 6.06. The van der Waals surface area contributed by atoms with Crippen LogP contribution >= 0.6 is 0 Å². The van der Waals surface area contributed by atoms with Gasteiger partial charge in [-0.3, -0.25) is 15.2 Å². The number of carbonyl (C=O) groups excluding carboxylic acids is 1. The molecule has 0 atom stereocenters. The Morgan fingerprint density at radius 1 is 1.22 bits per heavy atom. The fourth-order valence-electron chi connectivity index (χ4n) is 2.93. The summed E-state index contributed by atoms with van der Waals surface area (Å²) in [5.41, 5.74) is 8.19. The van der Waals surface area contributed by atoms with Crippen molar-refractivity contribution >= 4 is 34.4 Å². The molecule has 10 nitrogen and oxygen atoms in total. The Balaban J connectivity index is 1.70. The lowest BCUT2D eigenvalue weighted by Crippen LogP contribution is -2.37. The molecule has 4 N–H and O–H groups in total. The van der Waals surface area contributed by atoms with Gasteiger partial charge in [0.05, 0.1) is 18.7 Å². The molecule has 1 saturated heterocycles. The Bertz CT molecular complexity index is 937. The van der Waals surface area contributed by atoms with E-state index in [1.54, 1.807) is 37.6 Å². The van der Waals surface area contributed by atoms with Crippen molar-refractivity contribution in [3.05, 3.63) is 36.3 Å². The van der Waals surface area contributed by atoms with Crippen LogP contribution in [0.1, 0.15) is 10.5 Å². The fourth-order valence-corrected chi connectivity index (χ4v) is 2.93.